The molecule has 1 saturated heterocycles. The van der Waals surface area contributed by atoms with Crippen molar-refractivity contribution in [3.63, 3.8) is 0 Å². The number of nitrogens with one attached hydrogen (secondary N) is 1. The third-order valence-electron chi connectivity index (χ3n) is 5.77. The van der Waals surface area contributed by atoms with Gasteiger partial charge in [-0.1, -0.05) is 42.5 Å². The number of ether oxygens (including phenoxy) is 1. The number of ketones is 1. The van der Waals surface area contributed by atoms with Crippen molar-refractivity contribution < 1.29 is 23.5 Å². The van der Waals surface area contributed by atoms with E-state index in [9.17, 15) is 19.2 Å². The molecule has 4 rings (SSSR count). The molecule has 3 aromatic rings. The van der Waals surface area contributed by atoms with Crippen molar-refractivity contribution >= 4 is 28.8 Å². The number of carbonyl (C=O) groups excluding carboxylic acids is 3. The minimum atomic E-state index is -0.793. The molecule has 176 valence electrons. The number of nitrogens with zero attached hydrogens (tertiary/aromatic N) is 1. The molecule has 9 heteroatoms. The molecule has 2 heterocycles. The minimum absolute atomic E-state index is 0.0796. The molecule has 2 aromatic carbocycles. The molecule has 1 atom stereocenters. The molecule has 1 fully saturated rings. The first kappa shape index (κ1) is 23.2. The van der Waals surface area contributed by atoms with E-state index in [1.807, 2.05) is 30.3 Å². The summed E-state index contributed by atoms with van der Waals surface area (Å²) in [7, 11) is 0. The van der Waals surface area contributed by atoms with Gasteiger partial charge >= 0.3 is 11.7 Å². The number of hydrogen-bond donors (Lipinski definition) is 2. The topological polar surface area (TPSA) is 132 Å². The summed E-state index contributed by atoms with van der Waals surface area (Å²) in [5, 5.41) is 3.02. The lowest BCUT2D eigenvalue weighted by molar-refractivity contribution is -0.130. The number of likely N-dealkylation sites (tertiary alicyclic amines) is 1. The predicted molar refractivity (Wildman–Crippen MR) is 124 cm³/mol. The summed E-state index contributed by atoms with van der Waals surface area (Å²) < 4.78 is 10.5. The summed E-state index contributed by atoms with van der Waals surface area (Å²) in [5.41, 5.74) is 6.74. The quantitative estimate of drug-likeness (QED) is 0.406. The van der Waals surface area contributed by atoms with Crippen molar-refractivity contribution in [2.75, 3.05) is 13.1 Å². The van der Waals surface area contributed by atoms with Crippen LogP contribution in [-0.2, 0) is 22.7 Å². The summed E-state index contributed by atoms with van der Waals surface area (Å²) in [6, 6.07) is 15.1. The number of Topliss-reactive ketones (excluding diaryl/α,β-unsaturated/α-hetero) is 1. The lowest BCUT2D eigenvalue weighted by Gasteiger charge is -2.23. The molecule has 34 heavy (non-hydrogen) atoms. The van der Waals surface area contributed by atoms with Crippen LogP contribution in [0.2, 0.25) is 0 Å². The van der Waals surface area contributed by atoms with Crippen molar-refractivity contribution in [1.82, 2.24) is 10.2 Å². The second-order valence-electron chi connectivity index (χ2n) is 8.05. The van der Waals surface area contributed by atoms with Crippen molar-refractivity contribution in [3.8, 4) is 0 Å². The van der Waals surface area contributed by atoms with Crippen LogP contribution < -0.4 is 16.7 Å². The number of nitrogens with two attached hydrogens (primary N) is 1. The molecule has 2 amide bonds. The van der Waals surface area contributed by atoms with Gasteiger partial charge in [0.2, 0.25) is 5.91 Å². The zero-order valence-corrected chi connectivity index (χ0v) is 18.5. The lowest BCUT2D eigenvalue weighted by Crippen LogP contribution is -2.46. The summed E-state index contributed by atoms with van der Waals surface area (Å²) in [6.45, 7) is 0.421. The van der Waals surface area contributed by atoms with Crippen molar-refractivity contribution in [1.29, 1.82) is 0 Å². The number of benzene rings is 2. The maximum atomic E-state index is 13.2. The SMILES string of the molecule is NCc1ccc2cc(C(=O)[C@@H]3CCCN3C(=O)CNC(=O)OCc3ccccc3)c(=O)oc2c1. The summed E-state index contributed by atoms with van der Waals surface area (Å²) >= 11 is 0. The van der Waals surface area contributed by atoms with Gasteiger partial charge in [0.25, 0.3) is 0 Å². The highest BCUT2D eigenvalue weighted by molar-refractivity contribution is 6.03. The Hall–Kier alpha value is -3.98. The van der Waals surface area contributed by atoms with Gasteiger partial charge in [-0.05, 0) is 36.1 Å². The number of fused-ring (bicyclic) bond motifs is 1. The molecular formula is C25H25N3O6. The van der Waals surface area contributed by atoms with Crippen LogP contribution >= 0.6 is 0 Å². The van der Waals surface area contributed by atoms with Gasteiger partial charge < -0.3 is 25.1 Å². The van der Waals surface area contributed by atoms with Crippen LogP contribution in [0.25, 0.3) is 11.0 Å². The minimum Gasteiger partial charge on any atom is -0.445 e. The van der Waals surface area contributed by atoms with Crippen LogP contribution in [0.1, 0.15) is 34.3 Å². The molecular weight excluding hydrogens is 438 g/mol. The van der Waals surface area contributed by atoms with Crippen LogP contribution in [-0.4, -0.2) is 41.8 Å². The molecule has 1 aromatic heterocycles. The Morgan fingerprint density at radius 3 is 2.65 bits per heavy atom. The Labute approximate surface area is 195 Å². The number of carbonyl (C=O) groups is 3. The van der Waals surface area contributed by atoms with E-state index in [-0.39, 0.29) is 18.7 Å². The zero-order chi connectivity index (χ0) is 24.1. The fourth-order valence-corrected chi connectivity index (χ4v) is 4.00. The van der Waals surface area contributed by atoms with E-state index in [4.69, 9.17) is 14.9 Å². The molecule has 9 nitrogen and oxygen atoms in total. The van der Waals surface area contributed by atoms with Gasteiger partial charge in [-0.2, -0.15) is 0 Å². The van der Waals surface area contributed by atoms with Crippen LogP contribution in [0.3, 0.4) is 0 Å². The second kappa shape index (κ2) is 10.3. The average molecular weight is 463 g/mol. The molecule has 0 unspecified atom stereocenters. The van der Waals surface area contributed by atoms with Crippen molar-refractivity contribution in [3.05, 3.63) is 81.7 Å². The highest BCUT2D eigenvalue weighted by Crippen LogP contribution is 2.22. The van der Waals surface area contributed by atoms with E-state index in [1.54, 1.807) is 18.2 Å². The first-order valence-electron chi connectivity index (χ1n) is 11.0. The monoisotopic (exact) mass is 463 g/mol. The Morgan fingerprint density at radius 2 is 1.88 bits per heavy atom. The van der Waals surface area contributed by atoms with E-state index in [1.165, 1.54) is 11.0 Å². The Morgan fingerprint density at radius 1 is 1.09 bits per heavy atom. The summed E-state index contributed by atoms with van der Waals surface area (Å²) in [4.78, 5) is 51.7. The number of amides is 2. The standard InChI is InChI=1S/C25H25N3O6/c26-13-17-8-9-18-12-19(24(31)34-21(18)11-17)23(30)20-7-4-10-28(20)22(29)14-27-25(32)33-15-16-5-2-1-3-6-16/h1-3,5-6,8-9,11-12,20H,4,7,10,13-15,26H2,(H,27,32)/t20-/m0/s1. The highest BCUT2D eigenvalue weighted by atomic mass is 16.5. The number of rotatable bonds is 7. The fraction of sp³-hybridized carbons (Fsp3) is 0.280. The van der Waals surface area contributed by atoms with Gasteiger partial charge in [0.15, 0.2) is 5.78 Å². The molecule has 3 N–H and O–H groups in total. The molecule has 0 radical (unpaired) electrons. The van der Waals surface area contributed by atoms with E-state index in [0.717, 1.165) is 11.1 Å². The number of hydrogen-bond acceptors (Lipinski definition) is 7. The Bertz CT molecular complexity index is 1270. The van der Waals surface area contributed by atoms with Gasteiger partial charge in [-0.3, -0.25) is 9.59 Å². The van der Waals surface area contributed by atoms with Gasteiger partial charge in [0.1, 0.15) is 24.3 Å². The Balaban J connectivity index is 1.40. The molecule has 0 aliphatic carbocycles. The predicted octanol–water partition coefficient (Wildman–Crippen LogP) is 2.35. The van der Waals surface area contributed by atoms with Crippen LogP contribution in [0, 0.1) is 0 Å². The number of alkyl carbamates (subject to hydrolysis) is 1. The average Bonchev–Trinajstić information content (AvgIpc) is 3.35. The second-order valence-corrected chi connectivity index (χ2v) is 8.05. The molecule has 0 saturated carbocycles. The first-order chi connectivity index (χ1) is 16.5. The van der Waals surface area contributed by atoms with Gasteiger partial charge in [-0.15, -0.1) is 0 Å². The smallest absolute Gasteiger partial charge is 0.407 e. The van der Waals surface area contributed by atoms with Crippen LogP contribution in [0.15, 0.2) is 63.8 Å². The lowest BCUT2D eigenvalue weighted by atomic mass is 10.0. The third kappa shape index (κ3) is 5.15. The van der Waals surface area contributed by atoms with E-state index >= 15 is 0 Å². The molecule has 0 spiro atoms. The van der Waals surface area contributed by atoms with Gasteiger partial charge in [0.05, 0.1) is 6.04 Å². The first-order valence-corrected chi connectivity index (χ1v) is 11.0. The molecule has 0 bridgehead atoms. The van der Waals surface area contributed by atoms with Gasteiger partial charge in [0, 0.05) is 18.5 Å². The third-order valence-corrected chi connectivity index (χ3v) is 5.77. The van der Waals surface area contributed by atoms with E-state index in [2.05, 4.69) is 5.32 Å². The van der Waals surface area contributed by atoms with Crippen molar-refractivity contribution in [2.24, 2.45) is 5.73 Å². The van der Waals surface area contributed by atoms with Crippen molar-refractivity contribution in [2.45, 2.75) is 32.0 Å². The van der Waals surface area contributed by atoms with Crippen LogP contribution in [0.4, 0.5) is 4.79 Å². The molecule has 1 aliphatic heterocycles. The van der Waals surface area contributed by atoms with Gasteiger partial charge in [-0.25, -0.2) is 9.59 Å². The van der Waals surface area contributed by atoms with E-state index in [0.29, 0.717) is 36.9 Å². The fourth-order valence-electron chi connectivity index (χ4n) is 4.00. The Kier molecular flexibility index (Phi) is 7.03. The van der Waals surface area contributed by atoms with Crippen LogP contribution in [0.5, 0.6) is 0 Å². The maximum absolute atomic E-state index is 13.2. The molecule has 1 aliphatic rings. The normalized spacial score (nSPS) is 15.3. The largest absolute Gasteiger partial charge is 0.445 e. The summed E-state index contributed by atoms with van der Waals surface area (Å²) in [6.07, 6.45) is 0.303. The maximum Gasteiger partial charge on any atom is 0.407 e. The zero-order valence-electron chi connectivity index (χ0n) is 18.5. The van der Waals surface area contributed by atoms with E-state index < -0.39 is 29.5 Å². The highest BCUT2D eigenvalue weighted by Gasteiger charge is 2.36. The summed E-state index contributed by atoms with van der Waals surface area (Å²) in [5.74, 6) is -0.902.